The van der Waals surface area contributed by atoms with E-state index in [2.05, 4.69) is 0 Å². The van der Waals surface area contributed by atoms with E-state index >= 15 is 0 Å². The molecular formula is C15H28O3S. The molecule has 0 aromatic rings. The molecule has 2 aliphatic heterocycles. The van der Waals surface area contributed by atoms with Crippen molar-refractivity contribution in [2.24, 2.45) is 5.92 Å². The zero-order chi connectivity index (χ0) is 13.9. The van der Waals surface area contributed by atoms with Gasteiger partial charge in [-0.25, -0.2) is 0 Å². The molecule has 2 atom stereocenters. The molecule has 0 aromatic carbocycles. The first-order chi connectivity index (χ1) is 8.99. The van der Waals surface area contributed by atoms with Crippen molar-refractivity contribution in [3.8, 4) is 0 Å². The molecule has 2 fully saturated rings. The monoisotopic (exact) mass is 288 g/mol. The Balaban J connectivity index is 2.00. The lowest BCUT2D eigenvalue weighted by molar-refractivity contribution is -0.165. The second-order valence-corrected chi connectivity index (χ2v) is 7.60. The molecule has 1 N–H and O–H groups in total. The minimum absolute atomic E-state index is 0.0391. The van der Waals surface area contributed by atoms with Gasteiger partial charge in [-0.15, -0.1) is 0 Å². The van der Waals surface area contributed by atoms with Crippen molar-refractivity contribution in [3.05, 3.63) is 0 Å². The molecule has 0 saturated carbocycles. The van der Waals surface area contributed by atoms with Gasteiger partial charge in [0, 0.05) is 13.2 Å². The predicted molar refractivity (Wildman–Crippen MR) is 79.7 cm³/mol. The Labute approximate surface area is 121 Å². The zero-order valence-corrected chi connectivity index (χ0v) is 13.3. The maximum absolute atomic E-state index is 10.7. The lowest BCUT2D eigenvalue weighted by Crippen LogP contribution is -2.51. The van der Waals surface area contributed by atoms with Gasteiger partial charge in [0.25, 0.3) is 0 Å². The summed E-state index contributed by atoms with van der Waals surface area (Å²) >= 11 is 2.02. The van der Waals surface area contributed by atoms with Crippen LogP contribution in [-0.2, 0) is 9.47 Å². The van der Waals surface area contributed by atoms with E-state index in [0.717, 1.165) is 32.3 Å². The standard InChI is InChI=1S/C15H28O3S/c1-4-17-14(2,3)13(16)12-5-8-18-15(11-12)6-9-19-10-7-15/h12-13,16H,4-11H2,1-3H3. The molecule has 2 aliphatic rings. The maximum Gasteiger partial charge on any atom is 0.0886 e. The van der Waals surface area contributed by atoms with E-state index < -0.39 is 11.7 Å². The van der Waals surface area contributed by atoms with Gasteiger partial charge in [-0.2, -0.15) is 11.8 Å². The van der Waals surface area contributed by atoms with Crippen LogP contribution in [0.3, 0.4) is 0 Å². The number of hydrogen-bond donors (Lipinski definition) is 1. The third-order valence-corrected chi connectivity index (χ3v) is 5.60. The third kappa shape index (κ3) is 3.66. The van der Waals surface area contributed by atoms with Crippen molar-refractivity contribution in [1.29, 1.82) is 0 Å². The average molecular weight is 288 g/mol. The van der Waals surface area contributed by atoms with Gasteiger partial charge in [0.05, 0.1) is 17.3 Å². The van der Waals surface area contributed by atoms with E-state index in [4.69, 9.17) is 9.47 Å². The summed E-state index contributed by atoms with van der Waals surface area (Å²) in [7, 11) is 0. The molecule has 0 aliphatic carbocycles. The summed E-state index contributed by atoms with van der Waals surface area (Å²) in [5.74, 6) is 2.69. The number of thioether (sulfide) groups is 1. The molecule has 4 heteroatoms. The highest BCUT2D eigenvalue weighted by molar-refractivity contribution is 7.99. The van der Waals surface area contributed by atoms with Crippen molar-refractivity contribution in [3.63, 3.8) is 0 Å². The van der Waals surface area contributed by atoms with Gasteiger partial charge in [0.1, 0.15) is 0 Å². The molecular weight excluding hydrogens is 260 g/mol. The fraction of sp³-hybridized carbons (Fsp3) is 1.00. The molecule has 3 nitrogen and oxygen atoms in total. The van der Waals surface area contributed by atoms with Gasteiger partial charge < -0.3 is 14.6 Å². The number of aliphatic hydroxyl groups excluding tert-OH is 1. The highest BCUT2D eigenvalue weighted by Crippen LogP contribution is 2.42. The predicted octanol–water partition coefficient (Wildman–Crippen LogP) is 2.85. The lowest BCUT2D eigenvalue weighted by Gasteiger charge is -2.46. The Hall–Kier alpha value is 0.230. The van der Waals surface area contributed by atoms with Crippen LogP contribution in [0.2, 0.25) is 0 Å². The summed E-state index contributed by atoms with van der Waals surface area (Å²) in [5, 5.41) is 10.7. The molecule has 2 saturated heterocycles. The van der Waals surface area contributed by atoms with Gasteiger partial charge in [-0.05, 0) is 63.9 Å². The van der Waals surface area contributed by atoms with Gasteiger partial charge >= 0.3 is 0 Å². The highest BCUT2D eigenvalue weighted by Gasteiger charge is 2.44. The Kier molecular flexibility index (Phi) is 5.21. The average Bonchev–Trinajstić information content (AvgIpc) is 2.39. The van der Waals surface area contributed by atoms with E-state index in [-0.39, 0.29) is 5.60 Å². The van der Waals surface area contributed by atoms with E-state index in [9.17, 15) is 5.11 Å². The van der Waals surface area contributed by atoms with Crippen LogP contribution in [0.15, 0.2) is 0 Å². The van der Waals surface area contributed by atoms with E-state index in [0.29, 0.717) is 12.5 Å². The van der Waals surface area contributed by atoms with Crippen LogP contribution in [-0.4, -0.2) is 47.1 Å². The fourth-order valence-electron chi connectivity index (χ4n) is 3.45. The van der Waals surface area contributed by atoms with Gasteiger partial charge in [-0.1, -0.05) is 0 Å². The van der Waals surface area contributed by atoms with Crippen molar-refractivity contribution >= 4 is 11.8 Å². The quantitative estimate of drug-likeness (QED) is 0.863. The first-order valence-electron chi connectivity index (χ1n) is 7.53. The third-order valence-electron chi connectivity index (χ3n) is 4.61. The lowest BCUT2D eigenvalue weighted by atomic mass is 9.76. The molecule has 2 heterocycles. The maximum atomic E-state index is 10.7. The van der Waals surface area contributed by atoms with E-state index in [1.807, 2.05) is 32.5 Å². The second-order valence-electron chi connectivity index (χ2n) is 6.38. The van der Waals surface area contributed by atoms with Crippen molar-refractivity contribution in [2.75, 3.05) is 24.7 Å². The number of ether oxygens (including phenoxy) is 2. The Morgan fingerprint density at radius 2 is 2.11 bits per heavy atom. The smallest absolute Gasteiger partial charge is 0.0886 e. The zero-order valence-electron chi connectivity index (χ0n) is 12.5. The van der Waals surface area contributed by atoms with Crippen LogP contribution in [0, 0.1) is 5.92 Å². The van der Waals surface area contributed by atoms with Crippen LogP contribution >= 0.6 is 11.8 Å². The van der Waals surface area contributed by atoms with Gasteiger partial charge in [0.2, 0.25) is 0 Å². The first kappa shape index (κ1) is 15.6. The number of rotatable bonds is 4. The molecule has 19 heavy (non-hydrogen) atoms. The summed E-state index contributed by atoms with van der Waals surface area (Å²) in [6.07, 6.45) is 3.81. The molecule has 0 radical (unpaired) electrons. The SMILES string of the molecule is CCOC(C)(C)C(O)C1CCOC2(CCSCC2)C1. The number of hydrogen-bond acceptors (Lipinski definition) is 4. The molecule has 0 aromatic heterocycles. The molecule has 0 bridgehead atoms. The molecule has 2 rings (SSSR count). The van der Waals surface area contributed by atoms with Crippen molar-refractivity contribution in [2.45, 2.75) is 63.8 Å². The number of aliphatic hydroxyl groups is 1. The summed E-state index contributed by atoms with van der Waals surface area (Å²) in [5.41, 5.74) is -0.418. The van der Waals surface area contributed by atoms with Crippen LogP contribution in [0.1, 0.15) is 46.5 Å². The van der Waals surface area contributed by atoms with E-state index in [1.54, 1.807) is 0 Å². The molecule has 1 spiro atoms. The molecule has 112 valence electrons. The van der Waals surface area contributed by atoms with Crippen LogP contribution in [0.25, 0.3) is 0 Å². The minimum atomic E-state index is -0.457. The summed E-state index contributed by atoms with van der Waals surface area (Å²) in [6, 6.07) is 0. The van der Waals surface area contributed by atoms with Gasteiger partial charge in [-0.3, -0.25) is 0 Å². The first-order valence-corrected chi connectivity index (χ1v) is 8.68. The Morgan fingerprint density at radius 1 is 1.42 bits per heavy atom. The van der Waals surface area contributed by atoms with Crippen LogP contribution in [0.5, 0.6) is 0 Å². The summed E-state index contributed by atoms with van der Waals surface area (Å²) < 4.78 is 11.8. The topological polar surface area (TPSA) is 38.7 Å². The molecule has 2 unspecified atom stereocenters. The van der Waals surface area contributed by atoms with Gasteiger partial charge in [0.15, 0.2) is 0 Å². The summed E-state index contributed by atoms with van der Waals surface area (Å²) in [4.78, 5) is 0. The van der Waals surface area contributed by atoms with Crippen molar-refractivity contribution < 1.29 is 14.6 Å². The Morgan fingerprint density at radius 3 is 2.74 bits per heavy atom. The second kappa shape index (κ2) is 6.33. The van der Waals surface area contributed by atoms with Crippen molar-refractivity contribution in [1.82, 2.24) is 0 Å². The highest BCUT2D eigenvalue weighted by atomic mass is 32.2. The largest absolute Gasteiger partial charge is 0.390 e. The fourth-order valence-corrected chi connectivity index (χ4v) is 4.69. The summed E-state index contributed by atoms with van der Waals surface area (Å²) in [6.45, 7) is 7.42. The van der Waals surface area contributed by atoms with Crippen LogP contribution < -0.4 is 0 Å². The molecule has 0 amide bonds. The Bertz CT molecular complexity index is 282. The normalized spacial score (nSPS) is 29.4. The van der Waals surface area contributed by atoms with E-state index in [1.165, 1.54) is 11.5 Å². The van der Waals surface area contributed by atoms with Crippen LogP contribution in [0.4, 0.5) is 0 Å². The minimum Gasteiger partial charge on any atom is -0.390 e.